The minimum Gasteiger partial charge on any atom is -0.282 e. The molecule has 1 saturated heterocycles. The summed E-state index contributed by atoms with van der Waals surface area (Å²) in [5.74, 6) is -2.57. The monoisotopic (exact) mass is 243 g/mol. The van der Waals surface area contributed by atoms with Gasteiger partial charge in [-0.2, -0.15) is 5.26 Å². The van der Waals surface area contributed by atoms with Crippen molar-refractivity contribution in [3.63, 3.8) is 0 Å². The Kier molecular flexibility index (Phi) is 3.17. The predicted octanol–water partition coefficient (Wildman–Crippen LogP) is 2.44. The third-order valence-electron chi connectivity index (χ3n) is 2.70. The SMILES string of the molecule is N#CC(c1nccs1)N1CCC(F)(F)CC1. The van der Waals surface area contributed by atoms with E-state index in [9.17, 15) is 8.78 Å². The van der Waals surface area contributed by atoms with Gasteiger partial charge in [0, 0.05) is 37.5 Å². The van der Waals surface area contributed by atoms with Crippen molar-refractivity contribution >= 4 is 11.3 Å². The molecule has 2 rings (SSSR count). The van der Waals surface area contributed by atoms with Crippen molar-refractivity contribution in [1.82, 2.24) is 9.88 Å². The van der Waals surface area contributed by atoms with Crippen LogP contribution in [-0.2, 0) is 0 Å². The fourth-order valence-corrected chi connectivity index (χ4v) is 2.49. The summed E-state index contributed by atoms with van der Waals surface area (Å²) in [7, 11) is 0. The van der Waals surface area contributed by atoms with Gasteiger partial charge in [-0.3, -0.25) is 4.90 Å². The minimum atomic E-state index is -2.57. The molecule has 0 bridgehead atoms. The van der Waals surface area contributed by atoms with E-state index < -0.39 is 12.0 Å². The highest BCUT2D eigenvalue weighted by Gasteiger charge is 2.37. The molecule has 1 unspecified atom stereocenters. The molecule has 1 aliphatic heterocycles. The van der Waals surface area contributed by atoms with Crippen LogP contribution >= 0.6 is 11.3 Å². The summed E-state index contributed by atoms with van der Waals surface area (Å²) in [5.41, 5.74) is 0. The summed E-state index contributed by atoms with van der Waals surface area (Å²) in [4.78, 5) is 5.84. The summed E-state index contributed by atoms with van der Waals surface area (Å²) in [6.07, 6.45) is 1.29. The highest BCUT2D eigenvalue weighted by molar-refractivity contribution is 7.09. The summed E-state index contributed by atoms with van der Waals surface area (Å²) in [6.45, 7) is 0.510. The molecule has 0 saturated carbocycles. The maximum atomic E-state index is 13.0. The third-order valence-corrected chi connectivity index (χ3v) is 3.53. The van der Waals surface area contributed by atoms with Gasteiger partial charge in [0.25, 0.3) is 5.92 Å². The first kappa shape index (κ1) is 11.4. The van der Waals surface area contributed by atoms with Gasteiger partial charge in [0.2, 0.25) is 0 Å². The van der Waals surface area contributed by atoms with Gasteiger partial charge in [0.05, 0.1) is 6.07 Å². The van der Waals surface area contributed by atoms with Crippen molar-refractivity contribution in [2.24, 2.45) is 0 Å². The Morgan fingerprint density at radius 2 is 2.19 bits per heavy atom. The van der Waals surface area contributed by atoms with Crippen molar-refractivity contribution in [2.75, 3.05) is 13.1 Å². The minimum absolute atomic E-state index is 0.170. The van der Waals surface area contributed by atoms with E-state index in [1.165, 1.54) is 11.3 Å². The molecule has 1 aromatic heterocycles. The number of rotatable bonds is 2. The zero-order chi connectivity index (χ0) is 11.6. The Bertz CT molecular complexity index is 375. The van der Waals surface area contributed by atoms with Gasteiger partial charge in [-0.05, 0) is 0 Å². The predicted molar refractivity (Wildman–Crippen MR) is 56.2 cm³/mol. The lowest BCUT2D eigenvalue weighted by Gasteiger charge is -2.33. The van der Waals surface area contributed by atoms with Gasteiger partial charge in [0.15, 0.2) is 6.04 Å². The summed E-state index contributed by atoms with van der Waals surface area (Å²) >= 11 is 1.39. The largest absolute Gasteiger partial charge is 0.282 e. The average Bonchev–Trinajstić information content (AvgIpc) is 2.75. The lowest BCUT2D eigenvalue weighted by Crippen LogP contribution is -2.41. The lowest BCUT2D eigenvalue weighted by molar-refractivity contribution is -0.0595. The fraction of sp³-hybridized carbons (Fsp3) is 0.600. The lowest BCUT2D eigenvalue weighted by atomic mass is 10.1. The van der Waals surface area contributed by atoms with Crippen LogP contribution < -0.4 is 0 Å². The number of nitrogens with zero attached hydrogens (tertiary/aromatic N) is 3. The van der Waals surface area contributed by atoms with Crippen LogP contribution in [-0.4, -0.2) is 28.9 Å². The molecule has 0 spiro atoms. The topological polar surface area (TPSA) is 39.9 Å². The molecule has 6 heteroatoms. The van der Waals surface area contributed by atoms with Gasteiger partial charge < -0.3 is 0 Å². The molecule has 0 aliphatic carbocycles. The molecule has 86 valence electrons. The molecule has 1 aliphatic rings. The van der Waals surface area contributed by atoms with E-state index in [0.717, 1.165) is 0 Å². The zero-order valence-corrected chi connectivity index (χ0v) is 9.38. The van der Waals surface area contributed by atoms with Crippen molar-refractivity contribution < 1.29 is 8.78 Å². The second kappa shape index (κ2) is 4.44. The Morgan fingerprint density at radius 1 is 1.50 bits per heavy atom. The first-order valence-electron chi connectivity index (χ1n) is 5.03. The number of hydrogen-bond donors (Lipinski definition) is 0. The molecule has 0 radical (unpaired) electrons. The quantitative estimate of drug-likeness (QED) is 0.801. The van der Waals surface area contributed by atoms with Crippen molar-refractivity contribution in [1.29, 1.82) is 5.26 Å². The van der Waals surface area contributed by atoms with Gasteiger partial charge in [-0.15, -0.1) is 11.3 Å². The smallest absolute Gasteiger partial charge is 0.250 e. The van der Waals surface area contributed by atoms with Crippen molar-refractivity contribution in [2.45, 2.75) is 24.8 Å². The average molecular weight is 243 g/mol. The van der Waals surface area contributed by atoms with E-state index in [4.69, 9.17) is 5.26 Å². The Morgan fingerprint density at radius 3 is 2.69 bits per heavy atom. The van der Waals surface area contributed by atoms with Crippen LogP contribution in [0, 0.1) is 11.3 Å². The molecular formula is C10H11F2N3S. The van der Waals surface area contributed by atoms with Crippen LogP contribution in [0.1, 0.15) is 23.9 Å². The summed E-state index contributed by atoms with van der Waals surface area (Å²) in [5, 5.41) is 11.5. The Labute approximate surface area is 96.3 Å². The van der Waals surface area contributed by atoms with E-state index >= 15 is 0 Å². The first-order valence-corrected chi connectivity index (χ1v) is 5.91. The molecule has 1 aromatic rings. The van der Waals surface area contributed by atoms with Crippen molar-refractivity contribution in [3.8, 4) is 6.07 Å². The van der Waals surface area contributed by atoms with Crippen molar-refractivity contribution in [3.05, 3.63) is 16.6 Å². The summed E-state index contributed by atoms with van der Waals surface area (Å²) < 4.78 is 25.9. The fourth-order valence-electron chi connectivity index (χ4n) is 1.77. The summed E-state index contributed by atoms with van der Waals surface area (Å²) in [6, 6.07) is 1.65. The van der Waals surface area contributed by atoms with Crippen LogP contribution in [0.2, 0.25) is 0 Å². The van der Waals surface area contributed by atoms with E-state index in [-0.39, 0.29) is 25.9 Å². The van der Waals surface area contributed by atoms with Gasteiger partial charge >= 0.3 is 0 Å². The van der Waals surface area contributed by atoms with E-state index in [0.29, 0.717) is 5.01 Å². The number of aromatic nitrogens is 1. The number of halogens is 2. The van der Waals surface area contributed by atoms with Gasteiger partial charge in [-0.1, -0.05) is 0 Å². The molecule has 0 amide bonds. The molecule has 1 fully saturated rings. The maximum absolute atomic E-state index is 13.0. The van der Waals surface area contributed by atoms with E-state index in [1.807, 2.05) is 0 Å². The van der Waals surface area contributed by atoms with Crippen LogP contribution in [0.15, 0.2) is 11.6 Å². The van der Waals surface area contributed by atoms with E-state index in [1.54, 1.807) is 16.5 Å². The second-order valence-electron chi connectivity index (χ2n) is 3.79. The highest BCUT2D eigenvalue weighted by Crippen LogP contribution is 2.32. The zero-order valence-electron chi connectivity index (χ0n) is 8.57. The molecule has 2 heterocycles. The number of nitriles is 1. The Hall–Kier alpha value is -1.06. The molecule has 16 heavy (non-hydrogen) atoms. The van der Waals surface area contributed by atoms with Crippen LogP contribution in [0.5, 0.6) is 0 Å². The highest BCUT2D eigenvalue weighted by atomic mass is 32.1. The normalized spacial score (nSPS) is 22.6. The number of alkyl halides is 2. The number of thiazole rings is 1. The molecule has 0 aromatic carbocycles. The van der Waals surface area contributed by atoms with Gasteiger partial charge in [-0.25, -0.2) is 13.8 Å². The van der Waals surface area contributed by atoms with Crippen LogP contribution in [0.25, 0.3) is 0 Å². The van der Waals surface area contributed by atoms with Crippen LogP contribution in [0.4, 0.5) is 8.78 Å². The molecular weight excluding hydrogens is 232 g/mol. The number of piperidine rings is 1. The number of hydrogen-bond acceptors (Lipinski definition) is 4. The molecule has 3 nitrogen and oxygen atoms in total. The standard InChI is InChI=1S/C10H11F2N3S/c11-10(12)1-4-15(5-2-10)8(7-13)9-14-3-6-16-9/h3,6,8H,1-2,4-5H2. The molecule has 1 atom stereocenters. The van der Waals surface area contributed by atoms with Crippen LogP contribution in [0.3, 0.4) is 0 Å². The van der Waals surface area contributed by atoms with E-state index in [2.05, 4.69) is 11.1 Å². The first-order chi connectivity index (χ1) is 7.62. The molecule has 0 N–H and O–H groups in total. The van der Waals surface area contributed by atoms with Gasteiger partial charge in [0.1, 0.15) is 5.01 Å². The maximum Gasteiger partial charge on any atom is 0.250 e. The second-order valence-corrected chi connectivity index (χ2v) is 4.72. The Balaban J connectivity index is 2.05. The number of likely N-dealkylation sites (tertiary alicyclic amines) is 1. The third kappa shape index (κ3) is 2.36.